The Kier molecular flexibility index (Phi) is 5.76. The van der Waals surface area contributed by atoms with Crippen LogP contribution < -0.4 is 5.48 Å². The number of aryl methyl sites for hydroxylation is 1. The Morgan fingerprint density at radius 1 is 1.18 bits per heavy atom. The molecule has 1 aliphatic carbocycles. The number of nitrogens with one attached hydrogen (secondary N) is 1. The first kappa shape index (κ1) is 20.4. The Hall–Kier alpha value is -2.38. The number of carbonyl (C=O) groups excluding carboxylic acids is 2. The summed E-state index contributed by atoms with van der Waals surface area (Å²) in [4.78, 5) is 26.5. The summed E-state index contributed by atoms with van der Waals surface area (Å²) in [6.07, 6.45) is 2.83. The number of nitrogens with zero attached hydrogens (tertiary/aromatic N) is 1. The van der Waals surface area contributed by atoms with Crippen LogP contribution >= 0.6 is 13.5 Å². The maximum atomic E-state index is 13.9. The highest BCUT2D eigenvalue weighted by atomic mass is 32.1. The zero-order chi connectivity index (χ0) is 19.0. The predicted octanol–water partition coefficient (Wildman–Crippen LogP) is 2.97. The van der Waals surface area contributed by atoms with Gasteiger partial charge < -0.3 is 4.90 Å². The smallest absolute Gasteiger partial charge is 0.274 e. The van der Waals surface area contributed by atoms with Crippen LogP contribution in [0.3, 0.4) is 0 Å². The highest BCUT2D eigenvalue weighted by Crippen LogP contribution is 2.44. The van der Waals surface area contributed by atoms with Gasteiger partial charge >= 0.3 is 0 Å². The van der Waals surface area contributed by atoms with Gasteiger partial charge in [-0.3, -0.25) is 14.8 Å². The SMILES string of the molecule is O=C(NO)c1ccc2c(c1)CC[C@@]1(CCN(Cc3ccccc3F)C1=O)C2.S. The van der Waals surface area contributed by atoms with Gasteiger partial charge in [-0.1, -0.05) is 24.3 Å². The summed E-state index contributed by atoms with van der Waals surface area (Å²) >= 11 is 0. The van der Waals surface area contributed by atoms with Gasteiger partial charge in [0.1, 0.15) is 5.82 Å². The van der Waals surface area contributed by atoms with E-state index in [1.54, 1.807) is 40.7 Å². The quantitative estimate of drug-likeness (QED) is 0.613. The van der Waals surface area contributed by atoms with Crippen molar-refractivity contribution < 1.29 is 19.2 Å². The van der Waals surface area contributed by atoms with Crippen molar-refractivity contribution in [3.63, 3.8) is 0 Å². The molecule has 148 valence electrons. The minimum atomic E-state index is -0.536. The van der Waals surface area contributed by atoms with E-state index in [9.17, 15) is 14.0 Å². The third-order valence-corrected chi connectivity index (χ3v) is 5.89. The van der Waals surface area contributed by atoms with Crippen LogP contribution in [0.15, 0.2) is 42.5 Å². The highest BCUT2D eigenvalue weighted by molar-refractivity contribution is 7.59. The Morgan fingerprint density at radius 3 is 2.71 bits per heavy atom. The Bertz CT molecular complexity index is 920. The number of likely N-dealkylation sites (tertiary alicyclic amines) is 1. The van der Waals surface area contributed by atoms with Gasteiger partial charge in [-0.15, -0.1) is 0 Å². The van der Waals surface area contributed by atoms with Crippen LogP contribution in [0.25, 0.3) is 0 Å². The summed E-state index contributed by atoms with van der Waals surface area (Å²) in [6, 6.07) is 11.9. The molecular formula is C21H23FN2O3S. The number of hydroxylamine groups is 1. The maximum absolute atomic E-state index is 13.9. The normalized spacial score (nSPS) is 20.6. The fourth-order valence-corrected chi connectivity index (χ4v) is 4.34. The largest absolute Gasteiger partial charge is 0.338 e. The molecular weight excluding hydrogens is 379 g/mol. The Morgan fingerprint density at radius 2 is 1.96 bits per heavy atom. The van der Waals surface area contributed by atoms with E-state index in [2.05, 4.69) is 0 Å². The third kappa shape index (κ3) is 3.52. The first-order valence-corrected chi connectivity index (χ1v) is 9.11. The van der Waals surface area contributed by atoms with Crippen molar-refractivity contribution in [1.82, 2.24) is 10.4 Å². The molecule has 0 saturated carbocycles. The van der Waals surface area contributed by atoms with E-state index >= 15 is 0 Å². The Balaban J connectivity index is 0.00000225. The van der Waals surface area contributed by atoms with Gasteiger partial charge in [-0.25, -0.2) is 9.87 Å². The Labute approximate surface area is 170 Å². The van der Waals surface area contributed by atoms with Crippen LogP contribution in [0.5, 0.6) is 0 Å². The van der Waals surface area contributed by atoms with Crippen molar-refractivity contribution in [1.29, 1.82) is 0 Å². The van der Waals surface area contributed by atoms with Crippen molar-refractivity contribution in [2.75, 3.05) is 6.54 Å². The van der Waals surface area contributed by atoms with Crippen molar-refractivity contribution in [2.24, 2.45) is 5.41 Å². The van der Waals surface area contributed by atoms with Crippen molar-refractivity contribution in [3.05, 3.63) is 70.5 Å². The molecule has 1 heterocycles. The van der Waals surface area contributed by atoms with Crippen LogP contribution in [-0.4, -0.2) is 28.5 Å². The van der Waals surface area contributed by atoms with E-state index in [4.69, 9.17) is 5.21 Å². The molecule has 7 heteroatoms. The molecule has 2 aliphatic rings. The van der Waals surface area contributed by atoms with Gasteiger partial charge in [0.25, 0.3) is 5.91 Å². The number of amides is 2. The average Bonchev–Trinajstić information content (AvgIpc) is 2.98. The zero-order valence-corrected chi connectivity index (χ0v) is 16.4. The van der Waals surface area contributed by atoms with Crippen LogP contribution in [0.1, 0.15) is 39.9 Å². The summed E-state index contributed by atoms with van der Waals surface area (Å²) in [5.41, 5.74) is 4.27. The lowest BCUT2D eigenvalue weighted by Crippen LogP contribution is -2.38. The summed E-state index contributed by atoms with van der Waals surface area (Å²) in [7, 11) is 0. The lowest BCUT2D eigenvalue weighted by Gasteiger charge is -2.33. The van der Waals surface area contributed by atoms with Crippen molar-refractivity contribution in [2.45, 2.75) is 32.2 Å². The minimum Gasteiger partial charge on any atom is -0.338 e. The van der Waals surface area contributed by atoms with Crippen molar-refractivity contribution in [3.8, 4) is 0 Å². The first-order chi connectivity index (χ1) is 13.0. The molecule has 28 heavy (non-hydrogen) atoms. The zero-order valence-electron chi connectivity index (χ0n) is 15.4. The van der Waals surface area contributed by atoms with Crippen LogP contribution in [-0.2, 0) is 24.2 Å². The van der Waals surface area contributed by atoms with E-state index in [-0.39, 0.29) is 25.2 Å². The number of hydrogen-bond donors (Lipinski definition) is 2. The van der Waals surface area contributed by atoms with Gasteiger partial charge in [0.05, 0.1) is 5.41 Å². The number of hydrogen-bond acceptors (Lipinski definition) is 3. The van der Waals surface area contributed by atoms with E-state index in [1.807, 2.05) is 6.07 Å². The number of carbonyl (C=O) groups is 2. The standard InChI is InChI=1S/C21H21FN2O3.H2S/c22-18-4-2-1-3-17(18)13-24-10-9-21(20(24)26)8-7-14-11-15(19(25)23-27)5-6-16(14)12-21;/h1-6,11,27H,7-10,12-13H2,(H,23,25);1H2/t21-;/m1./s1. The lowest BCUT2D eigenvalue weighted by molar-refractivity contribution is -0.137. The summed E-state index contributed by atoms with van der Waals surface area (Å²) in [6.45, 7) is 0.934. The molecule has 5 nitrogen and oxygen atoms in total. The van der Waals surface area contributed by atoms with Gasteiger partial charge in [-0.05, 0) is 55.0 Å². The maximum Gasteiger partial charge on any atom is 0.274 e. The molecule has 0 unspecified atom stereocenters. The molecule has 1 atom stereocenters. The summed E-state index contributed by atoms with van der Waals surface area (Å²) in [5, 5.41) is 8.79. The molecule has 2 amide bonds. The van der Waals surface area contributed by atoms with Crippen molar-refractivity contribution >= 4 is 25.3 Å². The van der Waals surface area contributed by atoms with E-state index in [0.717, 1.165) is 24.0 Å². The second-order valence-electron chi connectivity index (χ2n) is 7.45. The molecule has 2 N–H and O–H groups in total. The van der Waals surface area contributed by atoms with E-state index in [1.165, 1.54) is 6.07 Å². The van der Waals surface area contributed by atoms with E-state index < -0.39 is 11.3 Å². The highest BCUT2D eigenvalue weighted by Gasteiger charge is 2.48. The van der Waals surface area contributed by atoms with Gasteiger partial charge in [0.15, 0.2) is 0 Å². The molecule has 0 bridgehead atoms. The fourth-order valence-electron chi connectivity index (χ4n) is 4.34. The van der Waals surface area contributed by atoms with Crippen LogP contribution in [0.4, 0.5) is 4.39 Å². The fraction of sp³-hybridized carbons (Fsp3) is 0.333. The number of halogens is 1. The molecule has 4 rings (SSSR count). The molecule has 0 aromatic heterocycles. The second-order valence-corrected chi connectivity index (χ2v) is 7.45. The molecule has 2 aromatic carbocycles. The first-order valence-electron chi connectivity index (χ1n) is 9.11. The molecule has 1 saturated heterocycles. The van der Waals surface area contributed by atoms with Crippen LogP contribution in [0, 0.1) is 11.2 Å². The molecule has 1 spiro atoms. The van der Waals surface area contributed by atoms with E-state index in [0.29, 0.717) is 37.1 Å². The summed E-state index contributed by atoms with van der Waals surface area (Å²) in [5.74, 6) is -0.727. The van der Waals surface area contributed by atoms with Gasteiger partial charge in [0, 0.05) is 24.2 Å². The number of fused-ring (bicyclic) bond motifs is 1. The third-order valence-electron chi connectivity index (χ3n) is 5.89. The molecule has 2 aromatic rings. The molecule has 1 aliphatic heterocycles. The van der Waals surface area contributed by atoms with Gasteiger partial charge in [0.2, 0.25) is 5.91 Å². The summed E-state index contributed by atoms with van der Waals surface area (Å²) < 4.78 is 13.9. The monoisotopic (exact) mass is 402 g/mol. The number of rotatable bonds is 3. The average molecular weight is 402 g/mol. The van der Waals surface area contributed by atoms with Gasteiger partial charge in [-0.2, -0.15) is 13.5 Å². The topological polar surface area (TPSA) is 69.6 Å². The predicted molar refractivity (Wildman–Crippen MR) is 107 cm³/mol. The minimum absolute atomic E-state index is 0. The second kappa shape index (κ2) is 7.93. The van der Waals surface area contributed by atoms with Crippen LogP contribution in [0.2, 0.25) is 0 Å². The number of benzene rings is 2. The lowest BCUT2D eigenvalue weighted by atomic mass is 9.70. The molecule has 0 radical (unpaired) electrons. The molecule has 1 fully saturated rings.